The fraction of sp³-hybridized carbons (Fsp3) is 0.923. The van der Waals surface area contributed by atoms with Crippen molar-refractivity contribution in [3.8, 4) is 0 Å². The van der Waals surface area contributed by atoms with Gasteiger partial charge >= 0.3 is 5.97 Å². The minimum Gasteiger partial charge on any atom is -0.480 e. The molecule has 0 aromatic heterocycles. The molecule has 100 valence electrons. The van der Waals surface area contributed by atoms with Gasteiger partial charge < -0.3 is 10.4 Å². The summed E-state index contributed by atoms with van der Waals surface area (Å²) in [6.45, 7) is 1.76. The molecule has 3 nitrogen and oxygen atoms in total. The van der Waals surface area contributed by atoms with E-state index >= 15 is 0 Å². The number of nitrogens with one attached hydrogen (secondary N) is 1. The summed E-state index contributed by atoms with van der Waals surface area (Å²) in [7, 11) is 1.72. The molecule has 0 radical (unpaired) electrons. The van der Waals surface area contributed by atoms with Gasteiger partial charge in [0, 0.05) is 5.25 Å². The van der Waals surface area contributed by atoms with Gasteiger partial charge in [0.25, 0.3) is 0 Å². The second-order valence-corrected chi connectivity index (χ2v) is 6.53. The Balaban J connectivity index is 2.08. The number of aliphatic carboxylic acids is 1. The molecule has 0 bridgehead atoms. The summed E-state index contributed by atoms with van der Waals surface area (Å²) in [6.07, 6.45) is 8.39. The minimum absolute atomic E-state index is 0.712. The number of thioether (sulfide) groups is 1. The molecule has 1 aliphatic rings. The summed E-state index contributed by atoms with van der Waals surface area (Å²) in [5.41, 5.74) is -0.752. The summed E-state index contributed by atoms with van der Waals surface area (Å²) >= 11 is 2.08. The molecule has 0 aromatic rings. The molecule has 2 N–H and O–H groups in total. The van der Waals surface area contributed by atoms with Crippen molar-refractivity contribution < 1.29 is 9.90 Å². The van der Waals surface area contributed by atoms with Crippen LogP contribution in [-0.2, 0) is 4.79 Å². The summed E-state index contributed by atoms with van der Waals surface area (Å²) in [4.78, 5) is 11.1. The van der Waals surface area contributed by atoms with Gasteiger partial charge in [-0.1, -0.05) is 19.3 Å². The van der Waals surface area contributed by atoms with E-state index in [1.54, 1.807) is 14.0 Å². The molecular formula is C13H25NO2S. The van der Waals surface area contributed by atoms with Crippen molar-refractivity contribution in [1.82, 2.24) is 5.32 Å². The lowest BCUT2D eigenvalue weighted by atomic mass is 9.95. The molecule has 4 heteroatoms. The lowest BCUT2D eigenvalue weighted by Gasteiger charge is -2.23. The SMILES string of the molecule is CNC(C)(CCCCSC1CCCC1)C(=O)O. The predicted molar refractivity (Wildman–Crippen MR) is 73.7 cm³/mol. The van der Waals surface area contributed by atoms with Gasteiger partial charge in [0.05, 0.1) is 0 Å². The van der Waals surface area contributed by atoms with Gasteiger partial charge in [-0.25, -0.2) is 0 Å². The topological polar surface area (TPSA) is 49.3 Å². The molecule has 1 fully saturated rings. The molecule has 0 amide bonds. The molecular weight excluding hydrogens is 234 g/mol. The van der Waals surface area contributed by atoms with E-state index in [1.165, 1.54) is 31.4 Å². The van der Waals surface area contributed by atoms with Crippen LogP contribution in [0.2, 0.25) is 0 Å². The highest BCUT2D eigenvalue weighted by atomic mass is 32.2. The molecule has 0 aromatic carbocycles. The van der Waals surface area contributed by atoms with Crippen molar-refractivity contribution >= 4 is 17.7 Å². The first-order chi connectivity index (χ1) is 8.08. The third-order valence-electron chi connectivity index (χ3n) is 3.75. The third kappa shape index (κ3) is 4.88. The molecule has 1 rings (SSSR count). The number of hydrogen-bond acceptors (Lipinski definition) is 3. The Kier molecular flexibility index (Phi) is 6.34. The van der Waals surface area contributed by atoms with Crippen LogP contribution >= 0.6 is 11.8 Å². The van der Waals surface area contributed by atoms with Crippen LogP contribution in [0.3, 0.4) is 0 Å². The lowest BCUT2D eigenvalue weighted by molar-refractivity contribution is -0.144. The van der Waals surface area contributed by atoms with Crippen LogP contribution in [0.15, 0.2) is 0 Å². The third-order valence-corrected chi connectivity index (χ3v) is 5.22. The quantitative estimate of drug-likeness (QED) is 0.658. The molecule has 0 spiro atoms. The molecule has 1 unspecified atom stereocenters. The number of rotatable bonds is 8. The smallest absolute Gasteiger partial charge is 0.323 e. The van der Waals surface area contributed by atoms with Crippen LogP contribution < -0.4 is 5.32 Å². The van der Waals surface area contributed by atoms with Gasteiger partial charge in [-0.3, -0.25) is 4.79 Å². The molecule has 0 aliphatic heterocycles. The highest BCUT2D eigenvalue weighted by Crippen LogP contribution is 2.30. The highest BCUT2D eigenvalue weighted by molar-refractivity contribution is 7.99. The van der Waals surface area contributed by atoms with E-state index in [9.17, 15) is 4.79 Å². The van der Waals surface area contributed by atoms with Crippen LogP contribution in [0.5, 0.6) is 0 Å². The average molecular weight is 259 g/mol. The van der Waals surface area contributed by atoms with Crippen molar-refractivity contribution in [2.24, 2.45) is 0 Å². The minimum atomic E-state index is -0.752. The normalized spacial score (nSPS) is 20.4. The van der Waals surface area contributed by atoms with E-state index in [4.69, 9.17) is 5.11 Å². The highest BCUT2D eigenvalue weighted by Gasteiger charge is 2.30. The van der Waals surface area contributed by atoms with Crippen molar-refractivity contribution in [3.63, 3.8) is 0 Å². The molecule has 1 atom stereocenters. The van der Waals surface area contributed by atoms with Crippen LogP contribution in [0.25, 0.3) is 0 Å². The maximum absolute atomic E-state index is 11.1. The first-order valence-electron chi connectivity index (χ1n) is 6.62. The predicted octanol–water partition coefficient (Wildman–Crippen LogP) is 2.90. The Morgan fingerprint density at radius 2 is 2.06 bits per heavy atom. The number of carboxylic acids is 1. The Labute approximate surface area is 109 Å². The Morgan fingerprint density at radius 3 is 2.59 bits per heavy atom. The Morgan fingerprint density at radius 1 is 1.41 bits per heavy atom. The van der Waals surface area contributed by atoms with E-state index in [-0.39, 0.29) is 0 Å². The first kappa shape index (κ1) is 14.8. The fourth-order valence-electron chi connectivity index (χ4n) is 2.22. The number of carbonyl (C=O) groups is 1. The zero-order valence-corrected chi connectivity index (χ0v) is 11.8. The van der Waals surface area contributed by atoms with Gasteiger partial charge in [0.2, 0.25) is 0 Å². The van der Waals surface area contributed by atoms with Crippen molar-refractivity contribution in [2.75, 3.05) is 12.8 Å². The standard InChI is InChI=1S/C13H25NO2S/c1-13(14-2,12(15)16)9-5-6-10-17-11-7-3-4-8-11/h11,14H,3-10H2,1-2H3,(H,15,16). The van der Waals surface area contributed by atoms with E-state index in [0.717, 1.165) is 18.1 Å². The number of unbranched alkanes of at least 4 members (excludes halogenated alkanes) is 1. The van der Waals surface area contributed by atoms with Gasteiger partial charge in [-0.15, -0.1) is 0 Å². The van der Waals surface area contributed by atoms with E-state index in [1.807, 2.05) is 0 Å². The fourth-order valence-corrected chi connectivity index (χ4v) is 3.60. The maximum atomic E-state index is 11.1. The monoisotopic (exact) mass is 259 g/mol. The second kappa shape index (κ2) is 7.27. The van der Waals surface area contributed by atoms with Crippen molar-refractivity contribution in [2.45, 2.75) is 62.7 Å². The van der Waals surface area contributed by atoms with Crippen LogP contribution in [0, 0.1) is 0 Å². The molecule has 17 heavy (non-hydrogen) atoms. The summed E-state index contributed by atoms with van der Waals surface area (Å²) in [6, 6.07) is 0. The molecule has 0 heterocycles. The molecule has 1 aliphatic carbocycles. The van der Waals surface area contributed by atoms with E-state index in [0.29, 0.717) is 6.42 Å². The van der Waals surface area contributed by atoms with E-state index in [2.05, 4.69) is 17.1 Å². The summed E-state index contributed by atoms with van der Waals surface area (Å²) in [5.74, 6) is 0.438. The molecule has 1 saturated carbocycles. The number of hydrogen-bond donors (Lipinski definition) is 2. The summed E-state index contributed by atoms with van der Waals surface area (Å²) in [5, 5.41) is 12.9. The zero-order chi connectivity index (χ0) is 12.7. The number of carboxylic acid groups (broad SMARTS) is 1. The zero-order valence-electron chi connectivity index (χ0n) is 11.0. The first-order valence-corrected chi connectivity index (χ1v) is 7.67. The largest absolute Gasteiger partial charge is 0.480 e. The van der Waals surface area contributed by atoms with Gasteiger partial charge in [-0.05, 0) is 45.4 Å². The Bertz CT molecular complexity index is 242. The van der Waals surface area contributed by atoms with Gasteiger partial charge in [-0.2, -0.15) is 11.8 Å². The number of likely N-dealkylation sites (N-methyl/N-ethyl adjacent to an activating group) is 1. The summed E-state index contributed by atoms with van der Waals surface area (Å²) < 4.78 is 0. The van der Waals surface area contributed by atoms with Crippen LogP contribution in [-0.4, -0.2) is 34.7 Å². The van der Waals surface area contributed by atoms with Gasteiger partial charge in [0.15, 0.2) is 0 Å². The average Bonchev–Trinajstić information content (AvgIpc) is 2.81. The van der Waals surface area contributed by atoms with Crippen molar-refractivity contribution in [3.05, 3.63) is 0 Å². The van der Waals surface area contributed by atoms with Crippen LogP contribution in [0.4, 0.5) is 0 Å². The van der Waals surface area contributed by atoms with Gasteiger partial charge in [0.1, 0.15) is 5.54 Å². The van der Waals surface area contributed by atoms with Crippen LogP contribution in [0.1, 0.15) is 51.9 Å². The van der Waals surface area contributed by atoms with Crippen molar-refractivity contribution in [1.29, 1.82) is 0 Å². The van der Waals surface area contributed by atoms with E-state index < -0.39 is 11.5 Å². The molecule has 0 saturated heterocycles. The Hall–Kier alpha value is -0.220. The maximum Gasteiger partial charge on any atom is 0.323 e. The lowest BCUT2D eigenvalue weighted by Crippen LogP contribution is -2.47. The second-order valence-electron chi connectivity index (χ2n) is 5.12.